The monoisotopic (exact) mass is 160 g/mol. The third kappa shape index (κ3) is 27.0. The number of aliphatic hydroxyl groups is 1. The Morgan fingerprint density at radius 3 is 2.45 bits per heavy atom. The van der Waals surface area contributed by atoms with Gasteiger partial charge < -0.3 is 10.8 Å². The number of unbranched alkanes of at least 4 members (excludes halogenated alkanes) is 1. The highest BCUT2D eigenvalue weighted by atomic mass is 16.2. The molecule has 0 bridgehead atoms. The lowest BCUT2D eigenvalue weighted by Gasteiger charge is -1.87. The Balaban J connectivity index is 0. The van der Waals surface area contributed by atoms with Crippen LogP contribution in [0.2, 0.25) is 0 Å². The van der Waals surface area contributed by atoms with Crippen LogP contribution in [-0.4, -0.2) is 24.8 Å². The van der Waals surface area contributed by atoms with Gasteiger partial charge >= 0.3 is 0 Å². The second kappa shape index (κ2) is 16.1. The average molecular weight is 160 g/mol. The van der Waals surface area contributed by atoms with Gasteiger partial charge in [-0.2, -0.15) is 0 Å². The van der Waals surface area contributed by atoms with Gasteiger partial charge in [0.1, 0.15) is 0 Å². The number of nitrogens with zero attached hydrogens (tertiary/aromatic N) is 3. The summed E-state index contributed by atoms with van der Waals surface area (Å²) in [6.45, 7) is 3.19. The van der Waals surface area contributed by atoms with Crippen LogP contribution < -0.4 is 5.73 Å². The lowest BCUT2D eigenvalue weighted by atomic mass is 10.3. The molecule has 0 amide bonds. The Morgan fingerprint density at radius 2 is 2.09 bits per heavy atom. The first kappa shape index (κ1) is 12.9. The molecule has 0 aliphatic heterocycles. The molecule has 0 unspecified atom stereocenters. The molecule has 0 radical (unpaired) electrons. The number of nitrogens with two attached hydrogens (primary N) is 1. The third-order valence-electron chi connectivity index (χ3n) is 0.775. The molecule has 0 saturated carbocycles. The van der Waals surface area contributed by atoms with Crippen LogP contribution in [0, 0.1) is 0 Å². The standard InChI is InChI=1S/C4H10N4.C2H6O/c5-3-1-2-4-7-8-6;1-2-3/h1-5H2;3H,2H2,1H3. The highest BCUT2D eigenvalue weighted by Gasteiger charge is 1.79. The van der Waals surface area contributed by atoms with Crippen LogP contribution in [0.15, 0.2) is 5.11 Å². The molecule has 0 aliphatic rings. The maximum atomic E-state index is 7.79. The minimum Gasteiger partial charge on any atom is -0.397 e. The van der Waals surface area contributed by atoms with Crippen molar-refractivity contribution in [1.29, 1.82) is 0 Å². The van der Waals surface area contributed by atoms with E-state index in [9.17, 15) is 0 Å². The topological polar surface area (TPSA) is 95.0 Å². The molecule has 0 aromatic rings. The van der Waals surface area contributed by atoms with E-state index >= 15 is 0 Å². The second-order valence-corrected chi connectivity index (χ2v) is 1.77. The first-order valence-corrected chi connectivity index (χ1v) is 3.65. The Kier molecular flexibility index (Phi) is 18.8. The molecular formula is C6H16N4O. The maximum Gasteiger partial charge on any atom is 0.0402 e. The largest absolute Gasteiger partial charge is 0.397 e. The van der Waals surface area contributed by atoms with Gasteiger partial charge in [-0.05, 0) is 31.8 Å². The van der Waals surface area contributed by atoms with E-state index in [0.29, 0.717) is 13.1 Å². The third-order valence-corrected chi connectivity index (χ3v) is 0.775. The van der Waals surface area contributed by atoms with Gasteiger partial charge in [0.15, 0.2) is 0 Å². The number of azide groups is 1. The summed E-state index contributed by atoms with van der Waals surface area (Å²) in [5.74, 6) is 0. The van der Waals surface area contributed by atoms with E-state index in [0.717, 1.165) is 12.8 Å². The molecule has 3 N–H and O–H groups in total. The Morgan fingerprint density at radius 1 is 1.55 bits per heavy atom. The van der Waals surface area contributed by atoms with Crippen molar-refractivity contribution in [1.82, 2.24) is 0 Å². The number of rotatable bonds is 4. The first-order chi connectivity index (χ1) is 5.33. The normalized spacial score (nSPS) is 7.55. The summed E-state index contributed by atoms with van der Waals surface area (Å²) in [6.07, 6.45) is 1.85. The first-order valence-electron chi connectivity index (χ1n) is 3.65. The van der Waals surface area contributed by atoms with Gasteiger partial charge in [0, 0.05) is 18.1 Å². The van der Waals surface area contributed by atoms with Crippen LogP contribution in [0.3, 0.4) is 0 Å². The van der Waals surface area contributed by atoms with Crippen molar-refractivity contribution in [3.8, 4) is 0 Å². The van der Waals surface area contributed by atoms with Crippen LogP contribution >= 0.6 is 0 Å². The van der Waals surface area contributed by atoms with Gasteiger partial charge in [-0.25, -0.2) is 0 Å². The molecule has 0 fully saturated rings. The van der Waals surface area contributed by atoms with Crippen LogP contribution in [0.1, 0.15) is 19.8 Å². The van der Waals surface area contributed by atoms with Crippen molar-refractivity contribution in [2.24, 2.45) is 10.8 Å². The van der Waals surface area contributed by atoms with Crippen LogP contribution in [0.4, 0.5) is 0 Å². The molecule has 0 aliphatic carbocycles. The zero-order valence-electron chi connectivity index (χ0n) is 6.90. The summed E-state index contributed by atoms with van der Waals surface area (Å²) in [5.41, 5.74) is 13.0. The van der Waals surface area contributed by atoms with E-state index in [2.05, 4.69) is 10.0 Å². The molecule has 0 rings (SSSR count). The summed E-state index contributed by atoms with van der Waals surface area (Å²) >= 11 is 0. The Bertz CT molecular complexity index is 101. The Labute approximate surface area is 66.8 Å². The molecule has 0 atom stereocenters. The molecule has 66 valence electrons. The Hall–Kier alpha value is -0.770. The molecule has 11 heavy (non-hydrogen) atoms. The predicted octanol–water partition coefficient (Wildman–Crippen LogP) is 1.03. The van der Waals surface area contributed by atoms with E-state index in [1.807, 2.05) is 0 Å². The summed E-state index contributed by atoms with van der Waals surface area (Å²) in [6, 6.07) is 0. The molecule has 0 saturated heterocycles. The number of hydrogen-bond acceptors (Lipinski definition) is 3. The van der Waals surface area contributed by atoms with Gasteiger partial charge in [0.2, 0.25) is 0 Å². The lowest BCUT2D eigenvalue weighted by molar-refractivity contribution is 0.318. The fraction of sp³-hybridized carbons (Fsp3) is 1.00. The summed E-state index contributed by atoms with van der Waals surface area (Å²) in [5, 5.41) is 10.9. The lowest BCUT2D eigenvalue weighted by Crippen LogP contribution is -1.98. The van der Waals surface area contributed by atoms with Gasteiger partial charge in [0.05, 0.1) is 0 Å². The summed E-state index contributed by atoms with van der Waals surface area (Å²) in [4.78, 5) is 2.59. The van der Waals surface area contributed by atoms with E-state index in [4.69, 9.17) is 16.4 Å². The number of hydrogen-bond donors (Lipinski definition) is 2. The summed E-state index contributed by atoms with van der Waals surface area (Å²) < 4.78 is 0. The highest BCUT2D eigenvalue weighted by Crippen LogP contribution is 1.85. The fourth-order valence-corrected chi connectivity index (χ4v) is 0.372. The summed E-state index contributed by atoms with van der Waals surface area (Å²) in [7, 11) is 0. The minimum absolute atomic E-state index is 0.250. The van der Waals surface area contributed by atoms with Crippen molar-refractivity contribution in [2.45, 2.75) is 19.8 Å². The predicted molar refractivity (Wildman–Crippen MR) is 45.1 cm³/mol. The molecule has 5 heteroatoms. The number of aliphatic hydroxyl groups excluding tert-OH is 1. The van der Waals surface area contributed by atoms with E-state index < -0.39 is 0 Å². The van der Waals surface area contributed by atoms with Crippen LogP contribution in [0.25, 0.3) is 10.4 Å². The highest BCUT2D eigenvalue weighted by molar-refractivity contribution is 4.46. The van der Waals surface area contributed by atoms with Crippen molar-refractivity contribution < 1.29 is 5.11 Å². The molecule has 0 aromatic carbocycles. The van der Waals surface area contributed by atoms with Crippen molar-refractivity contribution in [3.63, 3.8) is 0 Å². The molecule has 0 heterocycles. The maximum absolute atomic E-state index is 7.79. The average Bonchev–Trinajstić information content (AvgIpc) is 2.00. The van der Waals surface area contributed by atoms with Crippen molar-refractivity contribution >= 4 is 0 Å². The molecule has 0 spiro atoms. The van der Waals surface area contributed by atoms with Crippen LogP contribution in [0.5, 0.6) is 0 Å². The molecular weight excluding hydrogens is 144 g/mol. The van der Waals surface area contributed by atoms with Gasteiger partial charge in [0.25, 0.3) is 0 Å². The fourth-order valence-electron chi connectivity index (χ4n) is 0.372. The van der Waals surface area contributed by atoms with Crippen molar-refractivity contribution in [3.05, 3.63) is 10.4 Å². The zero-order chi connectivity index (χ0) is 8.95. The smallest absolute Gasteiger partial charge is 0.0402 e. The van der Waals surface area contributed by atoms with Crippen LogP contribution in [-0.2, 0) is 0 Å². The molecule has 5 nitrogen and oxygen atoms in total. The van der Waals surface area contributed by atoms with E-state index in [-0.39, 0.29) is 6.61 Å². The van der Waals surface area contributed by atoms with Crippen molar-refractivity contribution in [2.75, 3.05) is 19.7 Å². The van der Waals surface area contributed by atoms with E-state index in [1.165, 1.54) is 0 Å². The minimum atomic E-state index is 0.250. The second-order valence-electron chi connectivity index (χ2n) is 1.77. The molecule has 0 aromatic heterocycles. The quantitative estimate of drug-likeness (QED) is 0.278. The van der Waals surface area contributed by atoms with Gasteiger partial charge in [-0.15, -0.1) is 0 Å². The SMILES string of the molecule is CCO.[N-]=[N+]=NCCCCN. The van der Waals surface area contributed by atoms with E-state index in [1.54, 1.807) is 6.92 Å². The van der Waals surface area contributed by atoms with Gasteiger partial charge in [-0.3, -0.25) is 0 Å². The zero-order valence-corrected chi connectivity index (χ0v) is 6.90. The van der Waals surface area contributed by atoms with Gasteiger partial charge in [-0.1, -0.05) is 5.11 Å².